The van der Waals surface area contributed by atoms with E-state index in [-0.39, 0.29) is 34.6 Å². The van der Waals surface area contributed by atoms with Crippen molar-refractivity contribution in [2.75, 3.05) is 6.61 Å². The van der Waals surface area contributed by atoms with Crippen molar-refractivity contribution >= 4 is 23.6 Å². The number of amides is 2. The van der Waals surface area contributed by atoms with Gasteiger partial charge in [0, 0.05) is 4.75 Å². The first-order valence-corrected chi connectivity index (χ1v) is 9.06. The molecule has 10 heteroatoms. The van der Waals surface area contributed by atoms with E-state index < -0.39 is 6.04 Å². The van der Waals surface area contributed by atoms with Crippen molar-refractivity contribution in [2.24, 2.45) is 0 Å². The molecular weight excluding hydrogens is 356 g/mol. The Morgan fingerprint density at radius 2 is 2.15 bits per heavy atom. The smallest absolute Gasteiger partial charge is 0.258 e. The minimum absolute atomic E-state index is 0.136. The molecule has 2 unspecified atom stereocenters. The van der Waals surface area contributed by atoms with Gasteiger partial charge in [-0.1, -0.05) is 23.4 Å². The van der Waals surface area contributed by atoms with Crippen LogP contribution >= 0.6 is 11.8 Å². The van der Waals surface area contributed by atoms with Gasteiger partial charge in [0.15, 0.2) is 12.4 Å². The zero-order valence-corrected chi connectivity index (χ0v) is 15.1. The van der Waals surface area contributed by atoms with Crippen molar-refractivity contribution in [3.8, 4) is 5.75 Å². The Morgan fingerprint density at radius 1 is 1.38 bits per heavy atom. The molecule has 3 atom stereocenters. The van der Waals surface area contributed by atoms with Gasteiger partial charge in [0.05, 0.1) is 0 Å². The Bertz CT molecular complexity index is 813. The van der Waals surface area contributed by atoms with Crippen LogP contribution in [0.15, 0.2) is 30.3 Å². The first-order chi connectivity index (χ1) is 12.5. The van der Waals surface area contributed by atoms with Crippen LogP contribution in [0, 0.1) is 0 Å². The van der Waals surface area contributed by atoms with Gasteiger partial charge < -0.3 is 15.0 Å². The van der Waals surface area contributed by atoms with Gasteiger partial charge in [0.25, 0.3) is 5.91 Å². The molecule has 0 spiro atoms. The van der Waals surface area contributed by atoms with E-state index in [1.165, 1.54) is 0 Å². The lowest BCUT2D eigenvalue weighted by Gasteiger charge is -2.43. The average molecular weight is 374 g/mol. The van der Waals surface area contributed by atoms with Crippen LogP contribution in [0.4, 0.5) is 0 Å². The number of nitrogens with zero attached hydrogens (tertiary/aromatic N) is 4. The van der Waals surface area contributed by atoms with Gasteiger partial charge in [-0.25, -0.2) is 0 Å². The van der Waals surface area contributed by atoms with Crippen LogP contribution in [0.2, 0.25) is 0 Å². The lowest BCUT2D eigenvalue weighted by molar-refractivity contribution is -0.152. The maximum Gasteiger partial charge on any atom is 0.258 e. The SMILES string of the molecule is CC1(C)S[C@@H]2C(NC(=O)COc3ccccc3)C(=O)N2C1c1nn[nH]n1. The molecule has 136 valence electrons. The summed E-state index contributed by atoms with van der Waals surface area (Å²) < 4.78 is 5.14. The normalized spacial score (nSPS) is 26.2. The number of carbonyl (C=O) groups excluding carboxylic acids is 2. The summed E-state index contributed by atoms with van der Waals surface area (Å²) in [7, 11) is 0. The highest BCUT2D eigenvalue weighted by Gasteiger charge is 2.63. The van der Waals surface area contributed by atoms with Crippen LogP contribution in [-0.2, 0) is 9.59 Å². The quantitative estimate of drug-likeness (QED) is 0.733. The molecule has 0 bridgehead atoms. The molecule has 0 saturated carbocycles. The Hall–Kier alpha value is -2.62. The number of carbonyl (C=O) groups is 2. The summed E-state index contributed by atoms with van der Waals surface area (Å²) >= 11 is 1.62. The molecule has 1 aromatic carbocycles. The number of rotatable bonds is 5. The van der Waals surface area contributed by atoms with Crippen molar-refractivity contribution in [3.63, 3.8) is 0 Å². The number of hydrogen-bond donors (Lipinski definition) is 2. The van der Waals surface area contributed by atoms with Crippen LogP contribution in [0.3, 0.4) is 0 Å². The highest BCUT2D eigenvalue weighted by molar-refractivity contribution is 8.01. The van der Waals surface area contributed by atoms with Gasteiger partial charge in [-0.05, 0) is 26.0 Å². The number of benzene rings is 1. The number of tetrazole rings is 1. The number of aromatic amines is 1. The summed E-state index contributed by atoms with van der Waals surface area (Å²) in [5.41, 5.74) is 0. The van der Waals surface area contributed by atoms with Gasteiger partial charge in [0.2, 0.25) is 5.91 Å². The molecule has 2 saturated heterocycles. The molecule has 0 radical (unpaired) electrons. The first kappa shape index (κ1) is 16.8. The van der Waals surface area contributed by atoms with E-state index in [4.69, 9.17) is 4.74 Å². The lowest BCUT2D eigenvalue weighted by atomic mass is 9.95. The summed E-state index contributed by atoms with van der Waals surface area (Å²) in [6.07, 6.45) is 0. The predicted octanol–water partition coefficient (Wildman–Crippen LogP) is 0.498. The third-order valence-electron chi connectivity index (χ3n) is 4.48. The molecule has 4 rings (SSSR count). The van der Waals surface area contributed by atoms with E-state index in [2.05, 4.69) is 25.9 Å². The molecule has 2 fully saturated rings. The van der Waals surface area contributed by atoms with Crippen LogP contribution in [0.5, 0.6) is 5.75 Å². The number of fused-ring (bicyclic) bond motifs is 1. The van der Waals surface area contributed by atoms with E-state index in [1.54, 1.807) is 28.8 Å². The molecule has 2 amide bonds. The van der Waals surface area contributed by atoms with E-state index in [1.807, 2.05) is 32.0 Å². The van der Waals surface area contributed by atoms with Gasteiger partial charge in [-0.15, -0.1) is 22.0 Å². The highest BCUT2D eigenvalue weighted by atomic mass is 32.2. The monoisotopic (exact) mass is 374 g/mol. The average Bonchev–Trinajstić information content (AvgIpc) is 3.23. The summed E-state index contributed by atoms with van der Waals surface area (Å²) in [5.74, 6) is 0.623. The fraction of sp³-hybridized carbons (Fsp3) is 0.438. The third kappa shape index (κ3) is 2.79. The number of thioether (sulfide) groups is 1. The zero-order chi connectivity index (χ0) is 18.3. The molecule has 0 aliphatic carbocycles. The zero-order valence-electron chi connectivity index (χ0n) is 14.2. The summed E-state index contributed by atoms with van der Waals surface area (Å²) in [6.45, 7) is 3.92. The molecular formula is C16H18N6O3S. The molecule has 2 aliphatic heterocycles. The minimum Gasteiger partial charge on any atom is -0.484 e. The predicted molar refractivity (Wildman–Crippen MR) is 93.1 cm³/mol. The lowest BCUT2D eigenvalue weighted by Crippen LogP contribution is -2.68. The van der Waals surface area contributed by atoms with E-state index in [0.717, 1.165) is 0 Å². The molecule has 9 nitrogen and oxygen atoms in total. The number of aromatic nitrogens is 4. The van der Waals surface area contributed by atoms with E-state index in [9.17, 15) is 9.59 Å². The Labute approximate surface area is 153 Å². The van der Waals surface area contributed by atoms with E-state index >= 15 is 0 Å². The summed E-state index contributed by atoms with van der Waals surface area (Å²) in [4.78, 5) is 26.5. The second-order valence-electron chi connectivity index (χ2n) is 6.68. The van der Waals surface area contributed by atoms with Crippen molar-refractivity contribution in [2.45, 2.75) is 36.1 Å². The van der Waals surface area contributed by atoms with Crippen LogP contribution in [0.25, 0.3) is 0 Å². The van der Waals surface area contributed by atoms with Crippen molar-refractivity contribution in [1.82, 2.24) is 30.8 Å². The van der Waals surface area contributed by atoms with Gasteiger partial charge in [-0.3, -0.25) is 9.59 Å². The third-order valence-corrected chi connectivity index (χ3v) is 6.05. The second kappa shape index (κ2) is 6.27. The molecule has 2 N–H and O–H groups in total. The van der Waals surface area contributed by atoms with Crippen molar-refractivity contribution in [1.29, 1.82) is 0 Å². The maximum absolute atomic E-state index is 12.6. The van der Waals surface area contributed by atoms with E-state index in [0.29, 0.717) is 11.6 Å². The number of para-hydroxylation sites is 1. The Balaban J connectivity index is 1.40. The maximum atomic E-state index is 12.6. The van der Waals surface area contributed by atoms with Crippen LogP contribution in [-0.4, -0.2) is 60.1 Å². The fourth-order valence-electron chi connectivity index (χ4n) is 3.33. The molecule has 2 aromatic rings. The summed E-state index contributed by atoms with van der Waals surface area (Å²) in [5, 5.41) is 16.7. The van der Waals surface area contributed by atoms with Gasteiger partial charge in [-0.2, -0.15) is 5.21 Å². The topological polar surface area (TPSA) is 113 Å². The number of nitrogens with one attached hydrogen (secondary N) is 2. The molecule has 1 aromatic heterocycles. The minimum atomic E-state index is -0.567. The number of H-pyrrole nitrogens is 1. The first-order valence-electron chi connectivity index (χ1n) is 8.18. The number of ether oxygens (including phenoxy) is 1. The van der Waals surface area contributed by atoms with Crippen LogP contribution < -0.4 is 10.1 Å². The summed E-state index contributed by atoms with van der Waals surface area (Å²) in [6, 6.07) is 8.22. The number of β-lactam (4-membered cyclic amide) rings is 1. The molecule has 3 heterocycles. The van der Waals surface area contributed by atoms with Gasteiger partial charge >= 0.3 is 0 Å². The number of hydrogen-bond acceptors (Lipinski definition) is 7. The second-order valence-corrected chi connectivity index (χ2v) is 8.45. The largest absolute Gasteiger partial charge is 0.484 e. The van der Waals surface area contributed by atoms with Gasteiger partial charge in [0.1, 0.15) is 23.2 Å². The Kier molecular flexibility index (Phi) is 4.06. The van der Waals surface area contributed by atoms with Crippen molar-refractivity contribution in [3.05, 3.63) is 36.2 Å². The molecule has 26 heavy (non-hydrogen) atoms. The van der Waals surface area contributed by atoms with Crippen LogP contribution in [0.1, 0.15) is 25.7 Å². The standard InChI is InChI=1S/C16H18N6O3S/c1-16(2)12(13-18-20-21-19-13)22-14(24)11(15(22)26-16)17-10(23)8-25-9-6-4-3-5-7-9/h3-7,11-12,15H,8H2,1-2H3,(H,17,23)(H,18,19,20,21)/t11?,12?,15-/m1/s1. The molecule has 2 aliphatic rings. The van der Waals surface area contributed by atoms with Crippen molar-refractivity contribution < 1.29 is 14.3 Å². The fourth-order valence-corrected chi connectivity index (χ4v) is 4.96. The Morgan fingerprint density at radius 3 is 2.85 bits per heavy atom. The highest BCUT2D eigenvalue weighted by Crippen LogP contribution is 2.56.